The molecule has 0 saturated carbocycles. The van der Waals surface area contributed by atoms with Gasteiger partial charge in [-0.3, -0.25) is 9.59 Å². The number of aliphatic carboxylic acids is 1. The summed E-state index contributed by atoms with van der Waals surface area (Å²) in [5, 5.41) is 14.3. The smallest absolute Gasteiger partial charge is 0.326 e. The molecule has 3 N–H and O–H groups in total. The molecule has 1 aromatic carbocycles. The number of thiol groups is 1. The maximum Gasteiger partial charge on any atom is 0.326 e. The Hall–Kier alpha value is -2.02. The zero-order chi connectivity index (χ0) is 18.1. The normalized spacial score (nSPS) is 13.2. The van der Waals surface area contributed by atoms with Gasteiger partial charge in [-0.1, -0.05) is 44.2 Å². The summed E-state index contributed by atoms with van der Waals surface area (Å²) in [6.45, 7) is 3.46. The van der Waals surface area contributed by atoms with Crippen molar-refractivity contribution >= 4 is 30.4 Å². The molecule has 0 heterocycles. The quantitative estimate of drug-likeness (QED) is 0.503. The highest BCUT2D eigenvalue weighted by molar-refractivity contribution is 7.80. The monoisotopic (exact) mass is 352 g/mol. The Kier molecular flexibility index (Phi) is 8.32. The van der Waals surface area contributed by atoms with Crippen LogP contribution in [-0.2, 0) is 20.8 Å². The number of nitrogens with one attached hydrogen (secondary N) is 2. The zero-order valence-corrected chi connectivity index (χ0v) is 14.8. The lowest BCUT2D eigenvalue weighted by Gasteiger charge is -2.22. The third kappa shape index (κ3) is 6.62. The predicted octanol–water partition coefficient (Wildman–Crippen LogP) is 1.26. The number of hydrogen-bond donors (Lipinski definition) is 4. The fourth-order valence-corrected chi connectivity index (χ4v) is 2.31. The summed E-state index contributed by atoms with van der Waals surface area (Å²) < 4.78 is 0. The lowest BCUT2D eigenvalue weighted by Crippen LogP contribution is -2.53. The van der Waals surface area contributed by atoms with Crippen molar-refractivity contribution < 1.29 is 19.5 Å². The molecule has 0 bridgehead atoms. The number of amides is 2. The minimum absolute atomic E-state index is 0.209. The molecule has 0 unspecified atom stereocenters. The van der Waals surface area contributed by atoms with E-state index in [9.17, 15) is 14.4 Å². The second-order valence-corrected chi connectivity index (χ2v) is 6.26. The van der Waals surface area contributed by atoms with Crippen LogP contribution in [0.3, 0.4) is 0 Å². The van der Waals surface area contributed by atoms with Gasteiger partial charge in [-0.15, -0.1) is 0 Å². The summed E-state index contributed by atoms with van der Waals surface area (Å²) in [4.78, 5) is 35.7. The summed E-state index contributed by atoms with van der Waals surface area (Å²) >= 11 is 4.01. The molecular weight excluding hydrogens is 328 g/mol. The van der Waals surface area contributed by atoms with E-state index in [1.165, 1.54) is 0 Å². The van der Waals surface area contributed by atoms with Crippen LogP contribution in [0.2, 0.25) is 0 Å². The number of carboxylic acids is 1. The second kappa shape index (κ2) is 9.97. The van der Waals surface area contributed by atoms with Crippen molar-refractivity contribution in [3.63, 3.8) is 0 Å². The number of rotatable bonds is 9. The number of carboxylic acid groups (broad SMARTS) is 1. The van der Waals surface area contributed by atoms with Gasteiger partial charge in [-0.05, 0) is 17.7 Å². The van der Waals surface area contributed by atoms with Crippen LogP contribution in [0, 0.1) is 5.92 Å². The van der Waals surface area contributed by atoms with Crippen LogP contribution in [0.1, 0.15) is 25.8 Å². The number of carbonyl (C=O) groups is 3. The first kappa shape index (κ1) is 20.0. The molecule has 0 fully saturated rings. The Labute approximate surface area is 147 Å². The summed E-state index contributed by atoms with van der Waals surface area (Å²) in [6, 6.07) is 7.39. The van der Waals surface area contributed by atoms with Crippen molar-refractivity contribution in [2.24, 2.45) is 5.92 Å². The van der Waals surface area contributed by atoms with Gasteiger partial charge in [0.2, 0.25) is 11.8 Å². The SMILES string of the molecule is CC(C)C(=O)N[C@@H](Cc1ccccc1)C(=O)N[C@@H](CCS)C(=O)O. The molecule has 0 aliphatic carbocycles. The van der Waals surface area contributed by atoms with Crippen molar-refractivity contribution in [1.29, 1.82) is 0 Å². The Morgan fingerprint density at radius 1 is 1.04 bits per heavy atom. The summed E-state index contributed by atoms with van der Waals surface area (Å²) in [5.41, 5.74) is 0.878. The minimum atomic E-state index is -1.12. The van der Waals surface area contributed by atoms with Gasteiger partial charge in [-0.25, -0.2) is 4.79 Å². The van der Waals surface area contributed by atoms with E-state index in [-0.39, 0.29) is 18.2 Å². The van der Waals surface area contributed by atoms with Gasteiger partial charge in [0.1, 0.15) is 12.1 Å². The fraction of sp³-hybridized carbons (Fsp3) is 0.471. The molecule has 0 aliphatic heterocycles. The van der Waals surface area contributed by atoms with E-state index < -0.39 is 24.0 Å². The standard InChI is InChI=1S/C17H24N2O4S/c1-11(2)15(20)19-14(10-12-6-4-3-5-7-12)16(21)18-13(8-9-24)17(22)23/h3-7,11,13-14,24H,8-10H2,1-2H3,(H,18,21)(H,19,20)(H,22,23)/t13-,14-/m0/s1. The van der Waals surface area contributed by atoms with Gasteiger partial charge >= 0.3 is 5.97 Å². The molecule has 0 aromatic heterocycles. The molecule has 0 saturated heterocycles. The lowest BCUT2D eigenvalue weighted by atomic mass is 10.0. The largest absolute Gasteiger partial charge is 0.480 e. The van der Waals surface area contributed by atoms with Gasteiger partial charge in [0.25, 0.3) is 0 Å². The van der Waals surface area contributed by atoms with Crippen LogP contribution in [0.5, 0.6) is 0 Å². The van der Waals surface area contributed by atoms with E-state index >= 15 is 0 Å². The van der Waals surface area contributed by atoms with Crippen molar-refractivity contribution in [3.8, 4) is 0 Å². The third-order valence-corrected chi connectivity index (χ3v) is 3.73. The maximum atomic E-state index is 12.5. The number of benzene rings is 1. The Balaban J connectivity index is 2.87. The zero-order valence-electron chi connectivity index (χ0n) is 13.9. The topological polar surface area (TPSA) is 95.5 Å². The number of carbonyl (C=O) groups excluding carboxylic acids is 2. The molecule has 132 valence electrons. The molecule has 0 spiro atoms. The average Bonchev–Trinajstić information content (AvgIpc) is 2.54. The van der Waals surface area contributed by atoms with E-state index in [4.69, 9.17) is 5.11 Å². The predicted molar refractivity (Wildman–Crippen MR) is 95.0 cm³/mol. The molecule has 1 rings (SSSR count). The van der Waals surface area contributed by atoms with Crippen LogP contribution in [0.25, 0.3) is 0 Å². The molecular formula is C17H24N2O4S. The van der Waals surface area contributed by atoms with Crippen molar-refractivity contribution in [2.45, 2.75) is 38.8 Å². The van der Waals surface area contributed by atoms with Gasteiger partial charge in [-0.2, -0.15) is 12.6 Å². The van der Waals surface area contributed by atoms with Crippen LogP contribution in [-0.4, -0.2) is 40.7 Å². The summed E-state index contributed by atoms with van der Waals surface area (Å²) in [7, 11) is 0. The average molecular weight is 352 g/mol. The van der Waals surface area contributed by atoms with Crippen LogP contribution < -0.4 is 10.6 Å². The molecule has 24 heavy (non-hydrogen) atoms. The summed E-state index contributed by atoms with van der Waals surface area (Å²) in [6.07, 6.45) is 0.499. The Bertz CT molecular complexity index is 563. The molecule has 2 atom stereocenters. The highest BCUT2D eigenvalue weighted by Gasteiger charge is 2.26. The van der Waals surface area contributed by atoms with Crippen LogP contribution in [0.4, 0.5) is 0 Å². The second-order valence-electron chi connectivity index (χ2n) is 5.82. The molecule has 0 aliphatic rings. The van der Waals surface area contributed by atoms with E-state index in [0.29, 0.717) is 12.2 Å². The van der Waals surface area contributed by atoms with E-state index in [1.807, 2.05) is 30.3 Å². The van der Waals surface area contributed by atoms with Gasteiger partial charge in [0.15, 0.2) is 0 Å². The minimum Gasteiger partial charge on any atom is -0.480 e. The molecule has 1 aromatic rings. The van der Waals surface area contributed by atoms with E-state index in [1.54, 1.807) is 13.8 Å². The Morgan fingerprint density at radius 2 is 1.62 bits per heavy atom. The first-order chi connectivity index (χ1) is 11.3. The fourth-order valence-electron chi connectivity index (χ4n) is 2.06. The van der Waals surface area contributed by atoms with Gasteiger partial charge in [0, 0.05) is 12.3 Å². The van der Waals surface area contributed by atoms with Crippen molar-refractivity contribution in [2.75, 3.05) is 5.75 Å². The van der Waals surface area contributed by atoms with Gasteiger partial charge < -0.3 is 15.7 Å². The Morgan fingerprint density at radius 3 is 2.12 bits per heavy atom. The van der Waals surface area contributed by atoms with Crippen LogP contribution >= 0.6 is 12.6 Å². The first-order valence-corrected chi connectivity index (χ1v) is 8.46. The van der Waals surface area contributed by atoms with Crippen molar-refractivity contribution in [1.82, 2.24) is 10.6 Å². The number of hydrogen-bond acceptors (Lipinski definition) is 4. The highest BCUT2D eigenvalue weighted by atomic mass is 32.1. The highest BCUT2D eigenvalue weighted by Crippen LogP contribution is 2.06. The van der Waals surface area contributed by atoms with Gasteiger partial charge in [0.05, 0.1) is 0 Å². The molecule has 6 nitrogen and oxygen atoms in total. The molecule has 2 amide bonds. The van der Waals surface area contributed by atoms with E-state index in [2.05, 4.69) is 23.3 Å². The van der Waals surface area contributed by atoms with E-state index in [0.717, 1.165) is 5.56 Å². The van der Waals surface area contributed by atoms with Crippen molar-refractivity contribution in [3.05, 3.63) is 35.9 Å². The van der Waals surface area contributed by atoms with Crippen LogP contribution in [0.15, 0.2) is 30.3 Å². The summed E-state index contributed by atoms with van der Waals surface area (Å²) in [5.74, 6) is -1.83. The maximum absolute atomic E-state index is 12.5. The molecule has 7 heteroatoms. The molecule has 0 radical (unpaired) electrons. The first-order valence-electron chi connectivity index (χ1n) is 7.83. The third-order valence-electron chi connectivity index (χ3n) is 3.47. The lowest BCUT2D eigenvalue weighted by molar-refractivity contribution is -0.142.